The third-order valence-electron chi connectivity index (χ3n) is 3.63. The summed E-state index contributed by atoms with van der Waals surface area (Å²) in [6.07, 6.45) is 1.83. The van der Waals surface area contributed by atoms with Crippen LogP contribution < -0.4 is 0 Å². The lowest BCUT2D eigenvalue weighted by Crippen LogP contribution is -2.46. The van der Waals surface area contributed by atoms with Gasteiger partial charge < -0.3 is 9.30 Å². The van der Waals surface area contributed by atoms with Crippen LogP contribution in [0.3, 0.4) is 0 Å². The molecule has 0 spiro atoms. The molecule has 2 aromatic rings. The number of nitro groups is 1. The molecular weight excluding hydrogens is 272 g/mol. The highest BCUT2D eigenvalue weighted by Gasteiger charge is 2.48. The molecule has 1 aromatic carbocycles. The number of hydrogen-bond donors (Lipinski definition) is 0. The second-order valence-electron chi connectivity index (χ2n) is 5.21. The van der Waals surface area contributed by atoms with Gasteiger partial charge in [-0.3, -0.25) is 10.1 Å². The third-order valence-corrected chi connectivity index (χ3v) is 3.63. The number of para-hydroxylation sites is 1. The molecule has 0 radical (unpaired) electrons. The Kier molecular flexibility index (Phi) is 3.97. The zero-order chi connectivity index (χ0) is 15.6. The Bertz CT molecular complexity index is 692. The van der Waals surface area contributed by atoms with Crippen LogP contribution in [0.1, 0.15) is 19.4 Å². The van der Waals surface area contributed by atoms with E-state index in [2.05, 4.69) is 0 Å². The number of benzene rings is 1. The number of fused-ring (bicyclic) bond motifs is 1. The number of rotatable bonds is 5. The van der Waals surface area contributed by atoms with Crippen molar-refractivity contribution in [3.8, 4) is 0 Å². The standard InChI is InChI=1S/C15H18N2O4/c1-4-21-14(18)15(2,17(19)20)9-11-10-16(3)13-8-6-5-7-12(11)13/h5-8,10H,4,9H2,1-3H3. The molecule has 2 rings (SSSR count). The van der Waals surface area contributed by atoms with Crippen LogP contribution >= 0.6 is 0 Å². The molecule has 6 heteroatoms. The average Bonchev–Trinajstić information content (AvgIpc) is 2.76. The molecule has 0 aliphatic heterocycles. The van der Waals surface area contributed by atoms with Crippen LogP contribution in [0.15, 0.2) is 30.5 Å². The average molecular weight is 290 g/mol. The molecule has 0 amide bonds. The van der Waals surface area contributed by atoms with E-state index in [0.717, 1.165) is 16.5 Å². The van der Waals surface area contributed by atoms with E-state index in [0.29, 0.717) is 0 Å². The predicted molar refractivity (Wildman–Crippen MR) is 78.7 cm³/mol. The highest BCUT2D eigenvalue weighted by Crippen LogP contribution is 2.26. The normalized spacial score (nSPS) is 13.9. The summed E-state index contributed by atoms with van der Waals surface area (Å²) in [7, 11) is 1.87. The van der Waals surface area contributed by atoms with Crippen molar-refractivity contribution in [1.82, 2.24) is 4.57 Å². The van der Waals surface area contributed by atoms with E-state index in [1.165, 1.54) is 6.92 Å². The van der Waals surface area contributed by atoms with Gasteiger partial charge in [-0.05, 0) is 18.6 Å². The molecule has 0 N–H and O–H groups in total. The zero-order valence-electron chi connectivity index (χ0n) is 12.3. The highest BCUT2D eigenvalue weighted by atomic mass is 16.6. The molecule has 21 heavy (non-hydrogen) atoms. The monoisotopic (exact) mass is 290 g/mol. The van der Waals surface area contributed by atoms with Crippen LogP contribution in [-0.4, -0.2) is 27.6 Å². The first kappa shape index (κ1) is 15.0. The zero-order valence-corrected chi connectivity index (χ0v) is 12.3. The van der Waals surface area contributed by atoms with E-state index in [1.807, 2.05) is 42.1 Å². The minimum Gasteiger partial charge on any atom is -0.461 e. The Balaban J connectivity index is 2.45. The first-order valence-corrected chi connectivity index (χ1v) is 6.74. The van der Waals surface area contributed by atoms with Crippen molar-refractivity contribution in [2.75, 3.05) is 6.61 Å². The minimum absolute atomic E-state index is 0.000185. The van der Waals surface area contributed by atoms with E-state index < -0.39 is 16.4 Å². The minimum atomic E-state index is -1.78. The van der Waals surface area contributed by atoms with Crippen LogP contribution in [0.4, 0.5) is 0 Å². The number of carbonyl (C=O) groups excluding carboxylic acids is 1. The van der Waals surface area contributed by atoms with Gasteiger partial charge in [0.15, 0.2) is 0 Å². The second kappa shape index (κ2) is 5.55. The number of ether oxygens (including phenoxy) is 1. The van der Waals surface area contributed by atoms with E-state index in [1.54, 1.807) is 6.92 Å². The number of nitrogens with zero attached hydrogens (tertiary/aromatic N) is 2. The van der Waals surface area contributed by atoms with Gasteiger partial charge in [0.05, 0.1) is 13.0 Å². The van der Waals surface area contributed by atoms with Gasteiger partial charge in [0, 0.05) is 36.0 Å². The van der Waals surface area contributed by atoms with Crippen molar-refractivity contribution in [1.29, 1.82) is 0 Å². The number of hydrogen-bond acceptors (Lipinski definition) is 4. The number of carbonyl (C=O) groups is 1. The van der Waals surface area contributed by atoms with Crippen LogP contribution in [0, 0.1) is 10.1 Å². The van der Waals surface area contributed by atoms with Gasteiger partial charge >= 0.3 is 11.5 Å². The largest absolute Gasteiger partial charge is 0.461 e. The Morgan fingerprint density at radius 3 is 2.71 bits per heavy atom. The fraction of sp³-hybridized carbons (Fsp3) is 0.400. The fourth-order valence-electron chi connectivity index (χ4n) is 2.44. The van der Waals surface area contributed by atoms with Crippen LogP contribution in [0.5, 0.6) is 0 Å². The van der Waals surface area contributed by atoms with Crippen molar-refractivity contribution < 1.29 is 14.5 Å². The lowest BCUT2D eigenvalue weighted by molar-refractivity contribution is -0.550. The Labute approximate surface area is 122 Å². The van der Waals surface area contributed by atoms with Gasteiger partial charge in [0.1, 0.15) is 0 Å². The molecule has 1 heterocycles. The maximum absolute atomic E-state index is 12.0. The predicted octanol–water partition coefficient (Wildman–Crippen LogP) is 2.32. The molecule has 0 bridgehead atoms. The van der Waals surface area contributed by atoms with Crippen molar-refractivity contribution in [2.24, 2.45) is 7.05 Å². The Morgan fingerprint density at radius 1 is 1.43 bits per heavy atom. The maximum atomic E-state index is 12.0. The molecule has 0 aliphatic carbocycles. The van der Waals surface area contributed by atoms with Crippen molar-refractivity contribution in [3.63, 3.8) is 0 Å². The van der Waals surface area contributed by atoms with E-state index in [-0.39, 0.29) is 13.0 Å². The number of esters is 1. The van der Waals surface area contributed by atoms with Crippen molar-refractivity contribution in [2.45, 2.75) is 25.8 Å². The maximum Gasteiger partial charge on any atom is 0.384 e. The van der Waals surface area contributed by atoms with Crippen molar-refractivity contribution >= 4 is 16.9 Å². The summed E-state index contributed by atoms with van der Waals surface area (Å²) in [4.78, 5) is 22.8. The van der Waals surface area contributed by atoms with Crippen LogP contribution in [0.25, 0.3) is 10.9 Å². The lowest BCUT2D eigenvalue weighted by Gasteiger charge is -2.18. The van der Waals surface area contributed by atoms with E-state index in [9.17, 15) is 14.9 Å². The SMILES string of the molecule is CCOC(=O)C(C)(Cc1cn(C)c2ccccc12)[N+](=O)[O-]. The van der Waals surface area contributed by atoms with Gasteiger partial charge in [-0.1, -0.05) is 18.2 Å². The van der Waals surface area contributed by atoms with Crippen LogP contribution in [0.2, 0.25) is 0 Å². The first-order chi connectivity index (χ1) is 9.90. The van der Waals surface area contributed by atoms with Gasteiger partial charge in [-0.2, -0.15) is 0 Å². The molecule has 0 aliphatic rings. The van der Waals surface area contributed by atoms with Gasteiger partial charge in [-0.25, -0.2) is 4.79 Å². The molecule has 112 valence electrons. The Hall–Kier alpha value is -2.37. The fourth-order valence-corrected chi connectivity index (χ4v) is 2.44. The summed E-state index contributed by atoms with van der Waals surface area (Å²) in [5.41, 5.74) is -0.0393. The van der Waals surface area contributed by atoms with E-state index >= 15 is 0 Å². The molecule has 1 atom stereocenters. The summed E-state index contributed by atoms with van der Waals surface area (Å²) in [6.45, 7) is 3.07. The summed E-state index contributed by atoms with van der Waals surface area (Å²) in [5.74, 6) is -0.803. The second-order valence-corrected chi connectivity index (χ2v) is 5.21. The van der Waals surface area contributed by atoms with E-state index in [4.69, 9.17) is 4.74 Å². The van der Waals surface area contributed by atoms with Crippen molar-refractivity contribution in [3.05, 3.63) is 46.1 Å². The topological polar surface area (TPSA) is 74.4 Å². The molecule has 0 saturated carbocycles. The van der Waals surface area contributed by atoms with Gasteiger partial charge in [0.25, 0.3) is 0 Å². The van der Waals surface area contributed by atoms with Gasteiger partial charge in [-0.15, -0.1) is 0 Å². The summed E-state index contributed by atoms with van der Waals surface area (Å²) in [5, 5.41) is 12.3. The number of aryl methyl sites for hydroxylation is 1. The lowest BCUT2D eigenvalue weighted by atomic mass is 9.93. The molecule has 0 saturated heterocycles. The Morgan fingerprint density at radius 2 is 2.10 bits per heavy atom. The van der Waals surface area contributed by atoms with Crippen LogP contribution in [-0.2, 0) is 23.0 Å². The molecule has 1 unspecified atom stereocenters. The number of aromatic nitrogens is 1. The molecule has 1 aromatic heterocycles. The smallest absolute Gasteiger partial charge is 0.384 e. The first-order valence-electron chi connectivity index (χ1n) is 6.74. The summed E-state index contributed by atoms with van der Waals surface area (Å²) >= 11 is 0. The molecule has 6 nitrogen and oxygen atoms in total. The van der Waals surface area contributed by atoms with Gasteiger partial charge in [0.2, 0.25) is 0 Å². The summed E-state index contributed by atoms with van der Waals surface area (Å²) in [6, 6.07) is 7.62. The summed E-state index contributed by atoms with van der Waals surface area (Å²) < 4.78 is 6.77. The molecular formula is C15H18N2O4. The third kappa shape index (κ3) is 2.61. The highest BCUT2D eigenvalue weighted by molar-refractivity contribution is 5.86. The molecule has 0 fully saturated rings. The quantitative estimate of drug-likeness (QED) is 0.481.